The number of carbonyl (C=O) groups is 1. The maximum Gasteiger partial charge on any atom is 0.293 e. The van der Waals surface area contributed by atoms with E-state index in [2.05, 4.69) is 0 Å². The summed E-state index contributed by atoms with van der Waals surface area (Å²) in [5, 5.41) is 21.7. The lowest BCUT2D eigenvalue weighted by atomic mass is 10.0. The van der Waals surface area contributed by atoms with E-state index in [1.165, 1.54) is 6.07 Å². The van der Waals surface area contributed by atoms with Crippen molar-refractivity contribution in [3.05, 3.63) is 69.9 Å². The van der Waals surface area contributed by atoms with Gasteiger partial charge in [-0.2, -0.15) is 0 Å². The predicted octanol–water partition coefficient (Wildman–Crippen LogP) is 2.74. The van der Waals surface area contributed by atoms with Gasteiger partial charge in [-0.25, -0.2) is 0 Å². The molecular formula is C19H17N3O4. The average Bonchev–Trinajstić information content (AvgIpc) is 2.98. The molecule has 2 heterocycles. The number of carbonyl (C=O) groups excluding carboxylic acids is 1. The molecule has 0 saturated carbocycles. The van der Waals surface area contributed by atoms with Gasteiger partial charge in [0.05, 0.1) is 11.5 Å². The van der Waals surface area contributed by atoms with Crippen LogP contribution in [0.25, 0.3) is 10.9 Å². The fourth-order valence-electron chi connectivity index (χ4n) is 3.74. The molecule has 0 bridgehead atoms. The van der Waals surface area contributed by atoms with E-state index >= 15 is 0 Å². The summed E-state index contributed by atoms with van der Waals surface area (Å²) < 4.78 is 1.60. The Bertz CT molecular complexity index is 1010. The summed E-state index contributed by atoms with van der Waals surface area (Å²) in [5.41, 5.74) is 2.38. The van der Waals surface area contributed by atoms with Crippen LogP contribution < -0.4 is 4.90 Å². The fourth-order valence-corrected chi connectivity index (χ4v) is 3.74. The summed E-state index contributed by atoms with van der Waals surface area (Å²) >= 11 is 0. The largest absolute Gasteiger partial charge is 0.395 e. The maximum absolute atomic E-state index is 13.2. The number of rotatable bonds is 4. The van der Waals surface area contributed by atoms with Crippen molar-refractivity contribution in [1.82, 2.24) is 4.57 Å². The molecule has 7 nitrogen and oxygen atoms in total. The molecule has 3 aromatic rings. The third kappa shape index (κ3) is 2.36. The summed E-state index contributed by atoms with van der Waals surface area (Å²) in [4.78, 5) is 25.9. The zero-order chi connectivity index (χ0) is 18.3. The number of hydrogen-bond acceptors (Lipinski definition) is 4. The first-order valence-electron chi connectivity index (χ1n) is 8.39. The molecule has 0 aliphatic carbocycles. The number of amides is 1. The molecule has 0 unspecified atom stereocenters. The number of aliphatic hydroxyl groups is 1. The van der Waals surface area contributed by atoms with Gasteiger partial charge in [0.15, 0.2) is 0 Å². The van der Waals surface area contributed by atoms with E-state index in [4.69, 9.17) is 0 Å². The Balaban J connectivity index is 1.96. The molecule has 1 amide bonds. The zero-order valence-corrected chi connectivity index (χ0v) is 14.0. The van der Waals surface area contributed by atoms with E-state index in [1.54, 1.807) is 21.6 Å². The SMILES string of the molecule is O=C1c2c(c3cccc([N+](=O)[O-])c3n2CCO)CCN1c1ccccc1. The minimum absolute atomic E-state index is 0.0515. The number of aliphatic hydroxyl groups excluding tert-OH is 1. The van der Waals surface area contributed by atoms with Crippen LogP contribution >= 0.6 is 0 Å². The number of nitro groups is 1. The number of nitro benzene ring substituents is 1. The number of non-ortho nitro benzene ring substituents is 1. The first kappa shape index (κ1) is 16.3. The maximum atomic E-state index is 13.2. The molecule has 26 heavy (non-hydrogen) atoms. The van der Waals surface area contributed by atoms with Gasteiger partial charge in [-0.3, -0.25) is 14.9 Å². The molecule has 1 aromatic heterocycles. The number of anilines is 1. The van der Waals surface area contributed by atoms with E-state index < -0.39 is 4.92 Å². The minimum atomic E-state index is -0.443. The van der Waals surface area contributed by atoms with Crippen molar-refractivity contribution in [1.29, 1.82) is 0 Å². The van der Waals surface area contributed by atoms with Crippen LogP contribution in [0.1, 0.15) is 16.1 Å². The van der Waals surface area contributed by atoms with Gasteiger partial charge >= 0.3 is 0 Å². The Labute approximate surface area is 149 Å². The highest BCUT2D eigenvalue weighted by Gasteiger charge is 2.33. The fraction of sp³-hybridized carbons (Fsp3) is 0.211. The zero-order valence-electron chi connectivity index (χ0n) is 14.0. The summed E-state index contributed by atoms with van der Waals surface area (Å²) in [6.45, 7) is 0.433. The van der Waals surface area contributed by atoms with Crippen LogP contribution in [0, 0.1) is 10.1 Å². The van der Waals surface area contributed by atoms with E-state index in [1.807, 2.05) is 30.3 Å². The monoisotopic (exact) mass is 351 g/mol. The highest BCUT2D eigenvalue weighted by molar-refractivity contribution is 6.12. The molecule has 0 spiro atoms. The van der Waals surface area contributed by atoms with Gasteiger partial charge in [0.25, 0.3) is 11.6 Å². The summed E-state index contributed by atoms with van der Waals surface area (Å²) in [5.74, 6) is -0.198. The number of aromatic nitrogens is 1. The Kier molecular flexibility index (Phi) is 3.93. The molecule has 1 aliphatic heterocycles. The first-order valence-corrected chi connectivity index (χ1v) is 8.39. The third-order valence-electron chi connectivity index (χ3n) is 4.79. The van der Waals surface area contributed by atoms with Crippen LogP contribution in [-0.4, -0.2) is 33.7 Å². The van der Waals surface area contributed by atoms with Gasteiger partial charge in [-0.15, -0.1) is 0 Å². The van der Waals surface area contributed by atoms with Crippen LogP contribution in [0.15, 0.2) is 48.5 Å². The first-order chi connectivity index (χ1) is 12.6. The molecule has 4 rings (SSSR count). The molecule has 0 saturated heterocycles. The molecular weight excluding hydrogens is 334 g/mol. The Morgan fingerprint density at radius 1 is 1.12 bits per heavy atom. The lowest BCUT2D eigenvalue weighted by Gasteiger charge is -2.28. The van der Waals surface area contributed by atoms with Gasteiger partial charge in [0.2, 0.25) is 0 Å². The molecule has 132 valence electrons. The lowest BCUT2D eigenvalue weighted by molar-refractivity contribution is -0.383. The van der Waals surface area contributed by atoms with Crippen LogP contribution in [0.2, 0.25) is 0 Å². The second-order valence-electron chi connectivity index (χ2n) is 6.18. The molecule has 0 radical (unpaired) electrons. The van der Waals surface area contributed by atoms with E-state index in [9.17, 15) is 20.0 Å². The number of nitrogens with zero attached hydrogens (tertiary/aromatic N) is 3. The van der Waals surface area contributed by atoms with Gasteiger partial charge in [0.1, 0.15) is 11.2 Å². The lowest BCUT2D eigenvalue weighted by Crippen LogP contribution is -2.38. The number of fused-ring (bicyclic) bond motifs is 3. The highest BCUT2D eigenvalue weighted by Crippen LogP contribution is 2.36. The quantitative estimate of drug-likeness (QED) is 0.578. The van der Waals surface area contributed by atoms with Gasteiger partial charge in [-0.1, -0.05) is 30.3 Å². The molecule has 0 fully saturated rings. The van der Waals surface area contributed by atoms with Gasteiger partial charge < -0.3 is 14.6 Å². The summed E-state index contributed by atoms with van der Waals surface area (Å²) in [6, 6.07) is 14.2. The van der Waals surface area contributed by atoms with Crippen LogP contribution in [-0.2, 0) is 13.0 Å². The van der Waals surface area contributed by atoms with Crippen molar-refractivity contribution >= 4 is 28.2 Å². The Hall–Kier alpha value is -3.19. The number of para-hydroxylation sites is 2. The summed E-state index contributed by atoms with van der Waals surface area (Å²) in [6.07, 6.45) is 0.603. The smallest absolute Gasteiger partial charge is 0.293 e. The van der Waals surface area contributed by atoms with Crippen molar-refractivity contribution < 1.29 is 14.8 Å². The van der Waals surface area contributed by atoms with Gasteiger partial charge in [-0.05, 0) is 24.1 Å². The second kappa shape index (κ2) is 6.27. The van der Waals surface area contributed by atoms with Crippen molar-refractivity contribution in [2.75, 3.05) is 18.1 Å². The molecule has 1 aliphatic rings. The third-order valence-corrected chi connectivity index (χ3v) is 4.79. The number of hydrogen-bond donors (Lipinski definition) is 1. The van der Waals surface area contributed by atoms with Crippen molar-refractivity contribution in [3.8, 4) is 0 Å². The average molecular weight is 351 g/mol. The Morgan fingerprint density at radius 2 is 1.88 bits per heavy atom. The molecule has 7 heteroatoms. The van der Waals surface area contributed by atoms with Crippen molar-refractivity contribution in [2.24, 2.45) is 0 Å². The minimum Gasteiger partial charge on any atom is -0.395 e. The van der Waals surface area contributed by atoms with Crippen molar-refractivity contribution in [2.45, 2.75) is 13.0 Å². The molecule has 2 aromatic carbocycles. The van der Waals surface area contributed by atoms with Crippen LogP contribution in [0.3, 0.4) is 0 Å². The topological polar surface area (TPSA) is 88.6 Å². The van der Waals surface area contributed by atoms with Crippen molar-refractivity contribution in [3.63, 3.8) is 0 Å². The standard InChI is InChI=1S/C19H17N3O4/c23-12-11-21-17-14(7-4-8-16(17)22(25)26)15-9-10-20(19(24)18(15)21)13-5-2-1-3-6-13/h1-8,23H,9-12H2. The molecule has 0 atom stereocenters. The summed E-state index contributed by atoms with van der Waals surface area (Å²) in [7, 11) is 0. The predicted molar refractivity (Wildman–Crippen MR) is 97.5 cm³/mol. The Morgan fingerprint density at radius 3 is 2.58 bits per heavy atom. The number of benzene rings is 2. The van der Waals surface area contributed by atoms with E-state index in [0.29, 0.717) is 29.6 Å². The van der Waals surface area contributed by atoms with E-state index in [0.717, 1.165) is 11.3 Å². The highest BCUT2D eigenvalue weighted by atomic mass is 16.6. The molecule has 1 N–H and O–H groups in total. The van der Waals surface area contributed by atoms with E-state index in [-0.39, 0.29) is 24.7 Å². The normalized spacial score (nSPS) is 13.9. The van der Waals surface area contributed by atoms with Crippen LogP contribution in [0.4, 0.5) is 11.4 Å². The van der Waals surface area contributed by atoms with Gasteiger partial charge in [0, 0.05) is 30.2 Å². The second-order valence-corrected chi connectivity index (χ2v) is 6.18. The van der Waals surface area contributed by atoms with Crippen LogP contribution in [0.5, 0.6) is 0 Å².